The monoisotopic (exact) mass is 221 g/mol. The third-order valence-corrected chi connectivity index (χ3v) is 1.93. The maximum atomic E-state index is 12.2. The Morgan fingerprint density at radius 2 is 2.14 bits per heavy atom. The van der Waals surface area contributed by atoms with Gasteiger partial charge in [-0.15, -0.1) is 0 Å². The van der Waals surface area contributed by atoms with Crippen molar-refractivity contribution < 1.29 is 13.6 Å². The predicted octanol–water partition coefficient (Wildman–Crippen LogP) is 2.00. The Morgan fingerprint density at radius 1 is 1.57 bits per heavy atom. The van der Waals surface area contributed by atoms with Gasteiger partial charge in [0.05, 0.1) is 5.56 Å². The van der Waals surface area contributed by atoms with Gasteiger partial charge in [-0.2, -0.15) is 0 Å². The number of aromatic amines is 1. The maximum Gasteiger partial charge on any atom is 0.269 e. The summed E-state index contributed by atoms with van der Waals surface area (Å²) in [5, 5.41) is -1.04. The minimum absolute atomic E-state index is 0.180. The van der Waals surface area contributed by atoms with Crippen LogP contribution in [0, 0.1) is 6.92 Å². The van der Waals surface area contributed by atoms with Crippen molar-refractivity contribution in [2.75, 3.05) is 0 Å². The molecule has 0 bridgehead atoms. The lowest BCUT2D eigenvalue weighted by Gasteiger charge is -2.03. The number of pyridine rings is 1. The van der Waals surface area contributed by atoms with Crippen molar-refractivity contribution in [3.05, 3.63) is 33.2 Å². The zero-order valence-electron chi connectivity index (χ0n) is 7.11. The molecule has 1 rings (SSSR count). The van der Waals surface area contributed by atoms with Gasteiger partial charge >= 0.3 is 0 Å². The molecule has 3 nitrogen and oxygen atoms in total. The fourth-order valence-electron chi connectivity index (χ4n) is 1.04. The van der Waals surface area contributed by atoms with Crippen LogP contribution in [0.5, 0.6) is 0 Å². The summed E-state index contributed by atoms with van der Waals surface area (Å²) in [5.74, 6) is 0. The van der Waals surface area contributed by atoms with E-state index < -0.39 is 28.2 Å². The van der Waals surface area contributed by atoms with Crippen LogP contribution in [-0.2, 0) is 0 Å². The van der Waals surface area contributed by atoms with E-state index in [9.17, 15) is 18.4 Å². The van der Waals surface area contributed by atoms with Gasteiger partial charge in [0.1, 0.15) is 5.56 Å². The summed E-state index contributed by atoms with van der Waals surface area (Å²) in [7, 11) is 0. The minimum Gasteiger partial charge on any atom is -0.364 e. The molecular weight excluding hydrogens is 216 g/mol. The van der Waals surface area contributed by atoms with E-state index in [0.29, 0.717) is 0 Å². The Hall–Kier alpha value is -1.23. The Bertz CT molecular complexity index is 428. The first kappa shape index (κ1) is 10.8. The third-order valence-electron chi connectivity index (χ3n) is 1.74. The van der Waals surface area contributed by atoms with Crippen molar-refractivity contribution in [1.29, 1.82) is 0 Å². The highest BCUT2D eigenvalue weighted by Crippen LogP contribution is 2.15. The number of carbonyl (C=O) groups excluding carboxylic acids is 1. The second-order valence-electron chi connectivity index (χ2n) is 2.65. The summed E-state index contributed by atoms with van der Waals surface area (Å²) in [6.07, 6.45) is -2.04. The number of hydrogen-bond donors (Lipinski definition) is 1. The maximum absolute atomic E-state index is 12.2. The van der Waals surface area contributed by atoms with Crippen LogP contribution in [0.3, 0.4) is 0 Å². The second kappa shape index (κ2) is 3.88. The lowest BCUT2D eigenvalue weighted by molar-refractivity contribution is 0.107. The van der Waals surface area contributed by atoms with Crippen molar-refractivity contribution in [1.82, 2.24) is 4.98 Å². The van der Waals surface area contributed by atoms with Gasteiger partial charge in [-0.05, 0) is 18.5 Å². The molecule has 0 unspecified atom stereocenters. The summed E-state index contributed by atoms with van der Waals surface area (Å²) in [5.41, 5.74) is -2.01. The number of carbonyl (C=O) groups is 1. The van der Waals surface area contributed by atoms with Gasteiger partial charge in [0.2, 0.25) is 5.43 Å². The smallest absolute Gasteiger partial charge is 0.269 e. The Labute approximate surface area is 82.7 Å². The SMILES string of the molecule is Cc1[nH]cc(C(F)F)c(=O)c1C(=O)Cl. The van der Waals surface area contributed by atoms with Gasteiger partial charge in [0.25, 0.3) is 11.7 Å². The standard InChI is InChI=1S/C8H6ClF2NO2/c1-3-5(7(9)14)6(13)4(2-12-3)8(10)11/h2,8H,1H3,(H,12,13). The first-order valence-electron chi connectivity index (χ1n) is 3.65. The number of nitrogens with one attached hydrogen (secondary N) is 1. The largest absolute Gasteiger partial charge is 0.364 e. The van der Waals surface area contributed by atoms with Crippen molar-refractivity contribution in [3.8, 4) is 0 Å². The summed E-state index contributed by atoms with van der Waals surface area (Å²) in [6.45, 7) is 1.41. The average Bonchev–Trinajstić information content (AvgIpc) is 2.02. The highest BCUT2D eigenvalue weighted by Gasteiger charge is 2.19. The topological polar surface area (TPSA) is 49.9 Å². The van der Waals surface area contributed by atoms with Crippen molar-refractivity contribution in [3.63, 3.8) is 0 Å². The fraction of sp³-hybridized carbons (Fsp3) is 0.250. The molecular formula is C8H6ClF2NO2. The van der Waals surface area contributed by atoms with E-state index in [1.807, 2.05) is 0 Å². The zero-order chi connectivity index (χ0) is 10.9. The Morgan fingerprint density at radius 3 is 2.57 bits per heavy atom. The molecule has 0 aromatic carbocycles. The molecule has 1 aromatic heterocycles. The summed E-state index contributed by atoms with van der Waals surface area (Å²) < 4.78 is 24.5. The Balaban J connectivity index is 3.50. The lowest BCUT2D eigenvalue weighted by Crippen LogP contribution is -2.19. The number of hydrogen-bond acceptors (Lipinski definition) is 2. The molecule has 1 aromatic rings. The normalized spacial score (nSPS) is 10.6. The summed E-state index contributed by atoms with van der Waals surface area (Å²) >= 11 is 5.09. The molecule has 0 aliphatic carbocycles. The van der Waals surface area contributed by atoms with Crippen LogP contribution in [0.4, 0.5) is 8.78 Å². The van der Waals surface area contributed by atoms with Crippen LogP contribution in [0.2, 0.25) is 0 Å². The predicted molar refractivity (Wildman–Crippen MR) is 46.9 cm³/mol. The van der Waals surface area contributed by atoms with Gasteiger partial charge in [-0.25, -0.2) is 8.78 Å². The first-order chi connectivity index (χ1) is 6.45. The van der Waals surface area contributed by atoms with E-state index in [2.05, 4.69) is 4.98 Å². The molecule has 76 valence electrons. The number of alkyl halides is 2. The highest BCUT2D eigenvalue weighted by molar-refractivity contribution is 6.67. The molecule has 0 aliphatic heterocycles. The van der Waals surface area contributed by atoms with E-state index in [4.69, 9.17) is 11.6 Å². The Kier molecular flexibility index (Phi) is 3.00. The molecule has 0 radical (unpaired) electrons. The minimum atomic E-state index is -2.92. The molecule has 0 fully saturated rings. The molecule has 1 N–H and O–H groups in total. The van der Waals surface area contributed by atoms with Crippen LogP contribution < -0.4 is 5.43 Å². The van der Waals surface area contributed by atoms with E-state index >= 15 is 0 Å². The second-order valence-corrected chi connectivity index (χ2v) is 2.99. The van der Waals surface area contributed by atoms with E-state index in [1.165, 1.54) is 6.92 Å². The third kappa shape index (κ3) is 1.82. The van der Waals surface area contributed by atoms with E-state index in [1.54, 1.807) is 0 Å². The van der Waals surface area contributed by atoms with Gasteiger partial charge < -0.3 is 4.98 Å². The summed E-state index contributed by atoms with van der Waals surface area (Å²) in [6, 6.07) is 0. The van der Waals surface area contributed by atoms with Gasteiger partial charge in [0.15, 0.2) is 0 Å². The molecule has 0 saturated carbocycles. The average molecular weight is 222 g/mol. The van der Waals surface area contributed by atoms with E-state index in [0.717, 1.165) is 6.20 Å². The highest BCUT2D eigenvalue weighted by atomic mass is 35.5. The molecule has 6 heteroatoms. The number of H-pyrrole nitrogens is 1. The van der Waals surface area contributed by atoms with Crippen LogP contribution in [-0.4, -0.2) is 10.2 Å². The van der Waals surface area contributed by atoms with Crippen LogP contribution in [0.15, 0.2) is 11.0 Å². The van der Waals surface area contributed by atoms with Gasteiger partial charge in [-0.3, -0.25) is 9.59 Å². The van der Waals surface area contributed by atoms with Crippen LogP contribution in [0.1, 0.15) is 28.0 Å². The number of rotatable bonds is 2. The molecule has 1 heterocycles. The number of halogens is 3. The zero-order valence-corrected chi connectivity index (χ0v) is 7.86. The molecule has 0 aliphatic rings. The number of aromatic nitrogens is 1. The van der Waals surface area contributed by atoms with Crippen LogP contribution in [0.25, 0.3) is 0 Å². The molecule has 0 amide bonds. The molecule has 0 atom stereocenters. The first-order valence-corrected chi connectivity index (χ1v) is 4.03. The molecule has 0 spiro atoms. The quantitative estimate of drug-likeness (QED) is 0.777. The molecule has 14 heavy (non-hydrogen) atoms. The summed E-state index contributed by atoms with van der Waals surface area (Å²) in [4.78, 5) is 24.4. The van der Waals surface area contributed by atoms with Crippen LogP contribution >= 0.6 is 11.6 Å². The van der Waals surface area contributed by atoms with Crippen molar-refractivity contribution in [2.45, 2.75) is 13.3 Å². The van der Waals surface area contributed by atoms with E-state index in [-0.39, 0.29) is 5.69 Å². The van der Waals surface area contributed by atoms with Crippen molar-refractivity contribution in [2.24, 2.45) is 0 Å². The molecule has 0 saturated heterocycles. The lowest BCUT2D eigenvalue weighted by atomic mass is 10.1. The van der Waals surface area contributed by atoms with Crippen molar-refractivity contribution >= 4 is 16.8 Å². The number of aryl methyl sites for hydroxylation is 1. The van der Waals surface area contributed by atoms with Gasteiger partial charge in [-0.1, -0.05) is 0 Å². The van der Waals surface area contributed by atoms with Gasteiger partial charge in [0, 0.05) is 11.9 Å². The fourth-order valence-corrected chi connectivity index (χ4v) is 1.26.